The summed E-state index contributed by atoms with van der Waals surface area (Å²) in [6.07, 6.45) is -5.88. The summed E-state index contributed by atoms with van der Waals surface area (Å²) in [5.41, 5.74) is 6.02. The molecule has 32 heavy (non-hydrogen) atoms. The number of phosphoric ester groups is 1. The number of hydrogen-bond donors (Lipinski definition) is 9. The van der Waals surface area contributed by atoms with Gasteiger partial charge >= 0.3 is 23.5 Å². The summed E-state index contributed by atoms with van der Waals surface area (Å²) in [5, 5.41) is 23.5. The zero-order valence-electron chi connectivity index (χ0n) is 15.5. The van der Waals surface area contributed by atoms with Crippen molar-refractivity contribution in [2.75, 3.05) is 29.2 Å². The molecule has 2 aliphatic heterocycles. The molecule has 3 heterocycles. The number of aromatic nitrogens is 2. The highest BCUT2D eigenvalue weighted by Crippen LogP contribution is 2.66. The Morgan fingerprint density at radius 3 is 2.44 bits per heavy atom. The Balaban J connectivity index is 1.67. The number of rotatable bonds is 8. The van der Waals surface area contributed by atoms with E-state index in [0.717, 1.165) is 0 Å². The lowest BCUT2D eigenvalue weighted by atomic mass is 10.1. The Bertz CT molecular complexity index is 1080. The maximum atomic E-state index is 11.8. The normalized spacial score (nSPS) is 29.2. The van der Waals surface area contributed by atoms with Crippen molar-refractivity contribution in [3.63, 3.8) is 0 Å². The van der Waals surface area contributed by atoms with Crippen LogP contribution >= 0.6 is 35.7 Å². The molecule has 2 aliphatic rings. The van der Waals surface area contributed by atoms with Crippen LogP contribution in [0.1, 0.15) is 0 Å². The topological polar surface area (TPSA) is 279 Å². The molecule has 0 aromatic carbocycles. The molecule has 1 fully saturated rings. The zero-order chi connectivity index (χ0) is 24.1. The summed E-state index contributed by atoms with van der Waals surface area (Å²) in [6, 6.07) is 0. The molecule has 18 nitrogen and oxygen atoms in total. The highest BCUT2D eigenvalue weighted by Gasteiger charge is 2.49. The second kappa shape index (κ2) is 8.98. The Labute approximate surface area is 183 Å². The van der Waals surface area contributed by atoms with Gasteiger partial charge < -0.3 is 55.5 Å². The summed E-state index contributed by atoms with van der Waals surface area (Å²) >= 11 is 5.08. The fourth-order valence-corrected chi connectivity index (χ4v) is 6.21. The molecule has 10 N–H and O–H groups in total. The standard InChI is InChI=1S/C10H18N5O13P3S/c11-10-13-7-4(8(32)14-10)12-2-15(7)9-6(17)5(16)3(26-9)1-25-30(21,22)28-31(23,24)27-29(18,19)20/h3,5-6,9,12,16-17H,1-2H2,(H,21,22)(H,23,24)(H2,18,19,20)(H3,11,13,14,32)/t3-,5+,6?,9?/m1/s1. The predicted octanol–water partition coefficient (Wildman–Crippen LogP) is -1.30. The van der Waals surface area contributed by atoms with Crippen molar-refractivity contribution in [1.82, 2.24) is 9.97 Å². The third-order valence-electron chi connectivity index (χ3n) is 4.09. The smallest absolute Gasteiger partial charge is 0.387 e. The molecule has 3 rings (SSSR count). The maximum Gasteiger partial charge on any atom is 0.490 e. The van der Waals surface area contributed by atoms with E-state index in [0.29, 0.717) is 11.5 Å². The van der Waals surface area contributed by atoms with Crippen molar-refractivity contribution in [3.05, 3.63) is 4.64 Å². The number of H-pyrrole nitrogens is 1. The minimum atomic E-state index is -5.70. The number of nitrogens with zero attached hydrogens (tertiary/aromatic N) is 2. The first-order valence-electron chi connectivity index (χ1n) is 8.29. The summed E-state index contributed by atoms with van der Waals surface area (Å²) in [4.78, 5) is 43.7. The Kier molecular flexibility index (Phi) is 7.18. The summed E-state index contributed by atoms with van der Waals surface area (Å²) in [5.74, 6) is 0.270. The number of aliphatic hydroxyl groups is 2. The minimum Gasteiger partial charge on any atom is -0.387 e. The van der Waals surface area contributed by atoms with Gasteiger partial charge in [0.2, 0.25) is 0 Å². The molecule has 0 bridgehead atoms. The SMILES string of the molecule is Nc1nc(=S)c2c([nH]1)N(C1O[C@H](COP(=O)(O)OP(=O)(O)OP(=O)(O)O)[C@H](O)C1O)CN2. The van der Waals surface area contributed by atoms with Crippen molar-refractivity contribution in [2.24, 2.45) is 0 Å². The molecule has 0 spiro atoms. The molecule has 4 unspecified atom stereocenters. The van der Waals surface area contributed by atoms with Crippen LogP contribution in [-0.4, -0.2) is 77.6 Å². The molecule has 1 aromatic heterocycles. The van der Waals surface area contributed by atoms with Crippen LogP contribution in [0.25, 0.3) is 0 Å². The van der Waals surface area contributed by atoms with E-state index in [-0.39, 0.29) is 17.3 Å². The van der Waals surface area contributed by atoms with E-state index in [2.05, 4.69) is 28.4 Å². The fraction of sp³-hybridized carbons (Fsp3) is 0.600. The lowest BCUT2D eigenvalue weighted by Gasteiger charge is -2.27. The van der Waals surface area contributed by atoms with Crippen LogP contribution in [0.2, 0.25) is 0 Å². The first kappa shape index (κ1) is 25.6. The number of phosphoric acid groups is 3. The number of nitrogens with two attached hydrogens (primary N) is 1. The average Bonchev–Trinajstić information content (AvgIpc) is 3.12. The number of aromatic amines is 1. The van der Waals surface area contributed by atoms with Gasteiger partial charge in [-0.1, -0.05) is 12.2 Å². The van der Waals surface area contributed by atoms with E-state index in [9.17, 15) is 28.8 Å². The van der Waals surface area contributed by atoms with Gasteiger partial charge in [0.1, 0.15) is 29.8 Å². The first-order valence-corrected chi connectivity index (χ1v) is 13.2. The van der Waals surface area contributed by atoms with E-state index in [1.807, 2.05) is 0 Å². The van der Waals surface area contributed by atoms with Gasteiger partial charge in [0.15, 0.2) is 16.8 Å². The van der Waals surface area contributed by atoms with Gasteiger partial charge in [0.25, 0.3) is 0 Å². The molecule has 182 valence electrons. The Morgan fingerprint density at radius 1 is 1.16 bits per heavy atom. The first-order chi connectivity index (χ1) is 14.6. The van der Waals surface area contributed by atoms with Crippen molar-refractivity contribution >= 4 is 53.1 Å². The zero-order valence-corrected chi connectivity index (χ0v) is 19.0. The highest BCUT2D eigenvalue weighted by atomic mass is 32.1. The number of nitrogen functional groups attached to an aromatic ring is 1. The lowest BCUT2D eigenvalue weighted by Crippen LogP contribution is -2.44. The van der Waals surface area contributed by atoms with E-state index in [1.54, 1.807) is 0 Å². The number of hydrogen-bond acceptors (Lipinski definition) is 14. The Morgan fingerprint density at radius 2 is 1.81 bits per heavy atom. The number of nitrogens with one attached hydrogen (secondary N) is 2. The Hall–Kier alpha value is -1.01. The van der Waals surface area contributed by atoms with E-state index in [4.69, 9.17) is 37.4 Å². The van der Waals surface area contributed by atoms with Crippen LogP contribution in [0.15, 0.2) is 0 Å². The second-order valence-corrected chi connectivity index (χ2v) is 11.2. The molecule has 0 radical (unpaired) electrons. The number of anilines is 3. The molecule has 1 aromatic rings. The molecular weight excluding hydrogens is 523 g/mol. The van der Waals surface area contributed by atoms with Crippen LogP contribution in [-0.2, 0) is 31.6 Å². The fourth-order valence-electron chi connectivity index (χ4n) is 2.91. The van der Waals surface area contributed by atoms with Crippen LogP contribution in [0.3, 0.4) is 0 Å². The summed E-state index contributed by atoms with van der Waals surface area (Å²) < 4.78 is 51.0. The molecule has 0 saturated carbocycles. The van der Waals surface area contributed by atoms with Crippen LogP contribution in [0, 0.1) is 4.64 Å². The summed E-state index contributed by atoms with van der Waals surface area (Å²) in [6.45, 7) is -0.890. The van der Waals surface area contributed by atoms with Gasteiger partial charge in [0, 0.05) is 0 Å². The van der Waals surface area contributed by atoms with Crippen molar-refractivity contribution in [2.45, 2.75) is 24.5 Å². The number of fused-ring (bicyclic) bond motifs is 1. The number of ether oxygens (including phenoxy) is 1. The van der Waals surface area contributed by atoms with E-state index < -0.39 is 54.6 Å². The van der Waals surface area contributed by atoms with Gasteiger partial charge in [-0.2, -0.15) is 8.62 Å². The summed E-state index contributed by atoms with van der Waals surface area (Å²) in [7, 11) is -16.7. The predicted molar refractivity (Wildman–Crippen MR) is 105 cm³/mol. The average molecular weight is 541 g/mol. The van der Waals surface area contributed by atoms with Crippen molar-refractivity contribution < 1.29 is 61.4 Å². The molecule has 0 amide bonds. The molecule has 22 heteroatoms. The lowest BCUT2D eigenvalue weighted by molar-refractivity contribution is -0.0215. The van der Waals surface area contributed by atoms with Crippen molar-refractivity contribution in [1.29, 1.82) is 0 Å². The molecular formula is C10H18N5O13P3S. The van der Waals surface area contributed by atoms with Crippen molar-refractivity contribution in [3.8, 4) is 0 Å². The van der Waals surface area contributed by atoms with Gasteiger partial charge in [-0.15, -0.1) is 0 Å². The molecule has 0 aliphatic carbocycles. The second-order valence-electron chi connectivity index (χ2n) is 6.39. The third-order valence-corrected chi connectivity index (χ3v) is 8.19. The molecule has 1 saturated heterocycles. The van der Waals surface area contributed by atoms with Crippen LogP contribution in [0.5, 0.6) is 0 Å². The maximum absolute atomic E-state index is 11.8. The van der Waals surface area contributed by atoms with E-state index >= 15 is 0 Å². The van der Waals surface area contributed by atoms with Gasteiger partial charge in [0.05, 0.1) is 13.3 Å². The van der Waals surface area contributed by atoms with Crippen LogP contribution in [0.4, 0.5) is 17.5 Å². The largest absolute Gasteiger partial charge is 0.490 e. The monoisotopic (exact) mass is 541 g/mol. The van der Waals surface area contributed by atoms with Crippen LogP contribution < -0.4 is 16.0 Å². The molecule has 6 atom stereocenters. The van der Waals surface area contributed by atoms with Gasteiger partial charge in [-0.25, -0.2) is 18.7 Å². The number of aliphatic hydroxyl groups excluding tert-OH is 2. The van der Waals surface area contributed by atoms with Gasteiger partial charge in [-0.05, 0) is 0 Å². The van der Waals surface area contributed by atoms with Gasteiger partial charge in [-0.3, -0.25) is 4.52 Å². The quantitative estimate of drug-likeness (QED) is 0.137. The minimum absolute atomic E-state index is 0.0281. The third kappa shape index (κ3) is 5.91. The van der Waals surface area contributed by atoms with E-state index in [1.165, 1.54) is 4.90 Å². The highest BCUT2D eigenvalue weighted by molar-refractivity contribution is 7.71.